The lowest BCUT2D eigenvalue weighted by Crippen LogP contribution is -1.99. The van der Waals surface area contributed by atoms with Crippen LogP contribution in [-0.2, 0) is 0 Å². The van der Waals surface area contributed by atoms with Gasteiger partial charge in [0.1, 0.15) is 11.6 Å². The average molecular weight is 241 g/mol. The predicted octanol–water partition coefficient (Wildman–Crippen LogP) is 2.50. The van der Waals surface area contributed by atoms with Gasteiger partial charge in [-0.1, -0.05) is 6.92 Å². The fraction of sp³-hybridized carbons (Fsp3) is 0.333. The van der Waals surface area contributed by atoms with E-state index in [0.717, 1.165) is 10.9 Å². The smallest absolute Gasteiger partial charge is 0.231 e. The number of rotatable bonds is 3. The van der Waals surface area contributed by atoms with Crippen LogP contribution in [0.4, 0.5) is 0 Å². The van der Waals surface area contributed by atoms with Gasteiger partial charge in [-0.25, -0.2) is 4.98 Å². The van der Waals surface area contributed by atoms with Crippen molar-refractivity contribution in [1.82, 2.24) is 4.98 Å². The Labute approximate surface area is 85.5 Å². The number of nitrogens with zero attached hydrogens (tertiary/aromatic N) is 2. The second-order valence-electron chi connectivity index (χ2n) is 2.47. The van der Waals surface area contributed by atoms with E-state index in [1.807, 2.05) is 13.0 Å². The molecular formula is C9H9BrN2O. The number of hydrogen-bond acceptors (Lipinski definition) is 3. The summed E-state index contributed by atoms with van der Waals surface area (Å²) in [5.41, 5.74) is 0.461. The van der Waals surface area contributed by atoms with Crippen LogP contribution in [0.5, 0.6) is 5.88 Å². The largest absolute Gasteiger partial charge is 0.477 e. The third kappa shape index (κ3) is 2.71. The number of aromatic nitrogens is 1. The van der Waals surface area contributed by atoms with Crippen LogP contribution < -0.4 is 4.74 Å². The monoisotopic (exact) mass is 240 g/mol. The van der Waals surface area contributed by atoms with Gasteiger partial charge in [0.05, 0.1) is 6.61 Å². The summed E-state index contributed by atoms with van der Waals surface area (Å²) in [5.74, 6) is 0.410. The van der Waals surface area contributed by atoms with E-state index in [2.05, 4.69) is 20.9 Å². The van der Waals surface area contributed by atoms with E-state index in [4.69, 9.17) is 10.00 Å². The zero-order chi connectivity index (χ0) is 9.68. The molecule has 0 aliphatic heterocycles. The maximum atomic E-state index is 8.75. The SMILES string of the molecule is CCCOc1ncc(Br)cc1C#N. The summed E-state index contributed by atoms with van der Waals surface area (Å²) < 4.78 is 6.06. The molecular weight excluding hydrogens is 232 g/mol. The van der Waals surface area contributed by atoms with Gasteiger partial charge in [-0.2, -0.15) is 5.26 Å². The molecule has 0 aliphatic rings. The molecule has 0 radical (unpaired) electrons. The number of halogens is 1. The summed E-state index contributed by atoms with van der Waals surface area (Å²) in [6.45, 7) is 2.59. The molecule has 1 heterocycles. The van der Waals surface area contributed by atoms with Crippen molar-refractivity contribution in [2.24, 2.45) is 0 Å². The summed E-state index contributed by atoms with van der Waals surface area (Å²) in [5, 5.41) is 8.75. The van der Waals surface area contributed by atoms with Gasteiger partial charge in [-0.05, 0) is 28.4 Å². The molecule has 68 valence electrons. The first-order chi connectivity index (χ1) is 6.27. The molecule has 0 saturated heterocycles. The highest BCUT2D eigenvalue weighted by atomic mass is 79.9. The predicted molar refractivity (Wildman–Crippen MR) is 52.4 cm³/mol. The van der Waals surface area contributed by atoms with Crippen LogP contribution in [0, 0.1) is 11.3 Å². The highest BCUT2D eigenvalue weighted by Gasteiger charge is 2.04. The number of ether oxygens (including phenoxy) is 1. The lowest BCUT2D eigenvalue weighted by atomic mass is 10.3. The van der Waals surface area contributed by atoms with Crippen molar-refractivity contribution in [3.8, 4) is 11.9 Å². The standard InChI is InChI=1S/C9H9BrN2O/c1-2-3-13-9-7(5-11)4-8(10)6-12-9/h4,6H,2-3H2,1H3. The first-order valence-electron chi connectivity index (χ1n) is 3.96. The van der Waals surface area contributed by atoms with E-state index >= 15 is 0 Å². The van der Waals surface area contributed by atoms with Crippen molar-refractivity contribution < 1.29 is 4.74 Å². The number of pyridine rings is 1. The molecule has 0 amide bonds. The Bertz CT molecular complexity index is 333. The summed E-state index contributed by atoms with van der Waals surface area (Å²) in [4.78, 5) is 3.99. The van der Waals surface area contributed by atoms with E-state index in [1.54, 1.807) is 12.3 Å². The summed E-state index contributed by atoms with van der Waals surface area (Å²) in [6.07, 6.45) is 2.52. The van der Waals surface area contributed by atoms with Gasteiger partial charge in [0.25, 0.3) is 0 Å². The molecule has 1 rings (SSSR count). The number of nitriles is 1. The highest BCUT2D eigenvalue weighted by molar-refractivity contribution is 9.10. The Hall–Kier alpha value is -1.08. The second kappa shape index (κ2) is 4.83. The lowest BCUT2D eigenvalue weighted by molar-refractivity contribution is 0.304. The molecule has 4 heteroatoms. The van der Waals surface area contributed by atoms with Crippen molar-refractivity contribution in [1.29, 1.82) is 5.26 Å². The fourth-order valence-corrected chi connectivity index (χ4v) is 1.15. The molecule has 0 aliphatic carbocycles. The molecule has 1 aromatic rings. The highest BCUT2D eigenvalue weighted by Crippen LogP contribution is 2.18. The van der Waals surface area contributed by atoms with E-state index < -0.39 is 0 Å². The zero-order valence-electron chi connectivity index (χ0n) is 7.25. The minimum atomic E-state index is 0.410. The van der Waals surface area contributed by atoms with Gasteiger partial charge in [0.2, 0.25) is 5.88 Å². The Morgan fingerprint density at radius 3 is 3.08 bits per heavy atom. The summed E-state index contributed by atoms with van der Waals surface area (Å²) in [6, 6.07) is 3.72. The Morgan fingerprint density at radius 2 is 2.46 bits per heavy atom. The first-order valence-corrected chi connectivity index (χ1v) is 4.75. The van der Waals surface area contributed by atoms with Crippen molar-refractivity contribution >= 4 is 15.9 Å². The van der Waals surface area contributed by atoms with Crippen molar-refractivity contribution in [2.45, 2.75) is 13.3 Å². The normalized spacial score (nSPS) is 9.31. The second-order valence-corrected chi connectivity index (χ2v) is 3.38. The Kier molecular flexibility index (Phi) is 3.71. The maximum Gasteiger partial charge on any atom is 0.231 e. The molecule has 0 N–H and O–H groups in total. The van der Waals surface area contributed by atoms with Crippen LogP contribution in [0.15, 0.2) is 16.7 Å². The van der Waals surface area contributed by atoms with Gasteiger partial charge in [-0.3, -0.25) is 0 Å². The van der Waals surface area contributed by atoms with Crippen LogP contribution >= 0.6 is 15.9 Å². The van der Waals surface area contributed by atoms with E-state index in [0.29, 0.717) is 18.1 Å². The summed E-state index contributed by atoms with van der Waals surface area (Å²) >= 11 is 3.24. The van der Waals surface area contributed by atoms with Gasteiger partial charge in [-0.15, -0.1) is 0 Å². The topological polar surface area (TPSA) is 45.9 Å². The zero-order valence-corrected chi connectivity index (χ0v) is 8.84. The van der Waals surface area contributed by atoms with Crippen LogP contribution in [-0.4, -0.2) is 11.6 Å². The van der Waals surface area contributed by atoms with Crippen LogP contribution in [0.1, 0.15) is 18.9 Å². The van der Waals surface area contributed by atoms with Crippen LogP contribution in [0.3, 0.4) is 0 Å². The molecule has 0 bridgehead atoms. The lowest BCUT2D eigenvalue weighted by Gasteiger charge is -2.04. The molecule has 0 aromatic carbocycles. The molecule has 0 atom stereocenters. The van der Waals surface area contributed by atoms with E-state index in [1.165, 1.54) is 0 Å². The maximum absolute atomic E-state index is 8.75. The van der Waals surface area contributed by atoms with Gasteiger partial charge < -0.3 is 4.74 Å². The molecule has 0 unspecified atom stereocenters. The van der Waals surface area contributed by atoms with Gasteiger partial charge >= 0.3 is 0 Å². The minimum Gasteiger partial charge on any atom is -0.477 e. The fourth-order valence-electron chi connectivity index (χ4n) is 0.821. The average Bonchev–Trinajstić information content (AvgIpc) is 2.16. The van der Waals surface area contributed by atoms with Gasteiger partial charge in [0.15, 0.2) is 0 Å². The molecule has 3 nitrogen and oxygen atoms in total. The van der Waals surface area contributed by atoms with E-state index in [-0.39, 0.29) is 0 Å². The van der Waals surface area contributed by atoms with E-state index in [9.17, 15) is 0 Å². The molecule has 1 aromatic heterocycles. The Morgan fingerprint density at radius 1 is 1.69 bits per heavy atom. The molecule has 13 heavy (non-hydrogen) atoms. The number of hydrogen-bond donors (Lipinski definition) is 0. The Balaban J connectivity index is 2.88. The van der Waals surface area contributed by atoms with Crippen LogP contribution in [0.2, 0.25) is 0 Å². The molecule has 0 spiro atoms. The third-order valence-electron chi connectivity index (χ3n) is 1.38. The van der Waals surface area contributed by atoms with Crippen molar-refractivity contribution in [3.05, 3.63) is 22.3 Å². The van der Waals surface area contributed by atoms with Crippen molar-refractivity contribution in [3.63, 3.8) is 0 Å². The minimum absolute atomic E-state index is 0.410. The first kappa shape index (κ1) is 10.0. The molecule has 0 saturated carbocycles. The third-order valence-corrected chi connectivity index (χ3v) is 1.81. The quantitative estimate of drug-likeness (QED) is 0.816. The van der Waals surface area contributed by atoms with Gasteiger partial charge in [0, 0.05) is 10.7 Å². The van der Waals surface area contributed by atoms with Crippen LogP contribution in [0.25, 0.3) is 0 Å². The molecule has 0 fully saturated rings. The van der Waals surface area contributed by atoms with Crippen molar-refractivity contribution in [2.75, 3.05) is 6.61 Å². The summed E-state index contributed by atoms with van der Waals surface area (Å²) in [7, 11) is 0.